The largest absolute Gasteiger partial charge is 0.348 e. The molecule has 1 heterocycles. The summed E-state index contributed by atoms with van der Waals surface area (Å²) in [6.07, 6.45) is 6.84. The molecule has 0 amide bonds. The number of aromatic amines is 1. The number of hydrogen-bond donors (Lipinski definition) is 1. The maximum absolute atomic E-state index is 8.95. The molecule has 114 valence electrons. The van der Waals surface area contributed by atoms with Crippen molar-refractivity contribution in [3.05, 3.63) is 89.5 Å². The predicted molar refractivity (Wildman–Crippen MR) is 91.0 cm³/mol. The minimum atomic E-state index is 0.286. The number of imidazole rings is 1. The second kappa shape index (κ2) is 7.42. The van der Waals surface area contributed by atoms with Gasteiger partial charge in [0, 0.05) is 17.8 Å². The van der Waals surface area contributed by atoms with Gasteiger partial charge in [-0.15, -0.1) is 0 Å². The number of aromatic nitrogens is 2. The zero-order chi connectivity index (χ0) is 15.9. The third-order valence-electron chi connectivity index (χ3n) is 4.14. The van der Waals surface area contributed by atoms with Gasteiger partial charge in [0.25, 0.3) is 0 Å². The van der Waals surface area contributed by atoms with Crippen LogP contribution in [0.1, 0.15) is 41.1 Å². The van der Waals surface area contributed by atoms with E-state index >= 15 is 0 Å². The number of hydrogen-bond acceptors (Lipinski definition) is 2. The minimum absolute atomic E-state index is 0.286. The lowest BCUT2D eigenvalue weighted by Gasteiger charge is -2.16. The molecule has 3 aromatic rings. The standard InChI is InChI=1S/C20H19N3/c21-13-17-9-11-18(12-10-17)19(20-14-22-15-23-20)8-4-7-16-5-2-1-3-6-16/h1-3,5-6,9-12,14-15,19H,4,7-8H2,(H,22,23). The summed E-state index contributed by atoms with van der Waals surface area (Å²) < 4.78 is 0. The lowest BCUT2D eigenvalue weighted by atomic mass is 9.90. The zero-order valence-corrected chi connectivity index (χ0v) is 12.9. The average Bonchev–Trinajstić information content (AvgIpc) is 3.14. The molecule has 0 aliphatic carbocycles. The number of nitrogens with one attached hydrogen (secondary N) is 1. The van der Waals surface area contributed by atoms with E-state index in [4.69, 9.17) is 5.26 Å². The zero-order valence-electron chi connectivity index (χ0n) is 12.9. The summed E-state index contributed by atoms with van der Waals surface area (Å²) in [5.41, 5.74) is 4.42. The van der Waals surface area contributed by atoms with Crippen molar-refractivity contribution < 1.29 is 0 Å². The molecular weight excluding hydrogens is 282 g/mol. The Bertz CT molecular complexity index is 753. The summed E-state index contributed by atoms with van der Waals surface area (Å²) in [4.78, 5) is 7.40. The highest BCUT2D eigenvalue weighted by molar-refractivity contribution is 5.35. The molecule has 0 spiro atoms. The van der Waals surface area contributed by atoms with Crippen LogP contribution in [0.15, 0.2) is 67.1 Å². The minimum Gasteiger partial charge on any atom is -0.348 e. The number of benzene rings is 2. The lowest BCUT2D eigenvalue weighted by molar-refractivity contribution is 0.650. The first kappa shape index (κ1) is 15.1. The maximum Gasteiger partial charge on any atom is 0.0991 e. The summed E-state index contributed by atoms with van der Waals surface area (Å²) in [5, 5.41) is 8.95. The van der Waals surface area contributed by atoms with Gasteiger partial charge in [-0.2, -0.15) is 5.26 Å². The fraction of sp³-hybridized carbons (Fsp3) is 0.200. The second-order valence-electron chi connectivity index (χ2n) is 5.67. The van der Waals surface area contributed by atoms with Crippen molar-refractivity contribution in [3.8, 4) is 6.07 Å². The Morgan fingerprint density at radius 2 is 1.83 bits per heavy atom. The van der Waals surface area contributed by atoms with Gasteiger partial charge in [0.05, 0.1) is 18.0 Å². The molecule has 0 saturated heterocycles. The first-order valence-electron chi connectivity index (χ1n) is 7.89. The Kier molecular flexibility index (Phi) is 4.85. The predicted octanol–water partition coefficient (Wildman–Crippen LogP) is 4.44. The summed E-state index contributed by atoms with van der Waals surface area (Å²) in [7, 11) is 0. The van der Waals surface area contributed by atoms with E-state index in [1.807, 2.05) is 36.5 Å². The highest BCUT2D eigenvalue weighted by Crippen LogP contribution is 2.28. The molecule has 1 aromatic heterocycles. The smallest absolute Gasteiger partial charge is 0.0991 e. The molecule has 3 rings (SSSR count). The Labute approximate surface area is 136 Å². The van der Waals surface area contributed by atoms with Crippen LogP contribution in [0.3, 0.4) is 0 Å². The van der Waals surface area contributed by atoms with Crippen LogP contribution in [-0.4, -0.2) is 9.97 Å². The van der Waals surface area contributed by atoms with Crippen LogP contribution in [-0.2, 0) is 6.42 Å². The highest BCUT2D eigenvalue weighted by Gasteiger charge is 2.15. The molecule has 0 radical (unpaired) electrons. The molecule has 0 saturated carbocycles. The van der Waals surface area contributed by atoms with Gasteiger partial charge in [-0.25, -0.2) is 4.98 Å². The van der Waals surface area contributed by atoms with Crippen molar-refractivity contribution in [2.24, 2.45) is 0 Å². The summed E-state index contributed by atoms with van der Waals surface area (Å²) >= 11 is 0. The van der Waals surface area contributed by atoms with Gasteiger partial charge in [-0.05, 0) is 42.5 Å². The van der Waals surface area contributed by atoms with E-state index in [2.05, 4.69) is 40.3 Å². The maximum atomic E-state index is 8.95. The topological polar surface area (TPSA) is 52.5 Å². The summed E-state index contributed by atoms with van der Waals surface area (Å²) in [5.74, 6) is 0.286. The van der Waals surface area contributed by atoms with E-state index in [1.165, 1.54) is 11.1 Å². The molecule has 0 aliphatic heterocycles. The third kappa shape index (κ3) is 3.87. The molecule has 1 unspecified atom stereocenters. The average molecular weight is 301 g/mol. The van der Waals surface area contributed by atoms with E-state index in [1.54, 1.807) is 6.33 Å². The third-order valence-corrected chi connectivity index (χ3v) is 4.14. The molecule has 23 heavy (non-hydrogen) atoms. The van der Waals surface area contributed by atoms with E-state index in [0.717, 1.165) is 25.0 Å². The molecule has 1 N–H and O–H groups in total. The van der Waals surface area contributed by atoms with Gasteiger partial charge in [0.2, 0.25) is 0 Å². The number of rotatable bonds is 6. The number of H-pyrrole nitrogens is 1. The van der Waals surface area contributed by atoms with Crippen LogP contribution in [0.2, 0.25) is 0 Å². The van der Waals surface area contributed by atoms with Gasteiger partial charge in [0.1, 0.15) is 0 Å². The van der Waals surface area contributed by atoms with E-state index in [-0.39, 0.29) is 5.92 Å². The van der Waals surface area contributed by atoms with Gasteiger partial charge in [-0.3, -0.25) is 0 Å². The van der Waals surface area contributed by atoms with Crippen LogP contribution in [0.5, 0.6) is 0 Å². The molecule has 0 bridgehead atoms. The van der Waals surface area contributed by atoms with Crippen molar-refractivity contribution in [1.82, 2.24) is 9.97 Å². The van der Waals surface area contributed by atoms with E-state index < -0.39 is 0 Å². The molecule has 3 heteroatoms. The van der Waals surface area contributed by atoms with Crippen molar-refractivity contribution in [3.63, 3.8) is 0 Å². The molecular formula is C20H19N3. The van der Waals surface area contributed by atoms with Crippen molar-refractivity contribution in [2.75, 3.05) is 0 Å². The van der Waals surface area contributed by atoms with Crippen LogP contribution < -0.4 is 0 Å². The lowest BCUT2D eigenvalue weighted by Crippen LogP contribution is -2.03. The normalized spacial score (nSPS) is 11.8. The summed E-state index contributed by atoms with van der Waals surface area (Å²) in [6.45, 7) is 0. The molecule has 2 aromatic carbocycles. The SMILES string of the molecule is N#Cc1ccc(C(CCCc2ccccc2)c2cnc[nH]2)cc1. The van der Waals surface area contributed by atoms with Gasteiger partial charge >= 0.3 is 0 Å². The Morgan fingerprint density at radius 1 is 1.04 bits per heavy atom. The molecule has 1 atom stereocenters. The molecule has 3 nitrogen and oxygen atoms in total. The van der Waals surface area contributed by atoms with E-state index in [9.17, 15) is 0 Å². The number of nitrogens with zero attached hydrogens (tertiary/aromatic N) is 2. The van der Waals surface area contributed by atoms with Crippen LogP contribution in [0.25, 0.3) is 0 Å². The monoisotopic (exact) mass is 301 g/mol. The Hall–Kier alpha value is -2.86. The van der Waals surface area contributed by atoms with Gasteiger partial charge in [0.15, 0.2) is 0 Å². The fourth-order valence-electron chi connectivity index (χ4n) is 2.90. The second-order valence-corrected chi connectivity index (χ2v) is 5.67. The van der Waals surface area contributed by atoms with Crippen LogP contribution >= 0.6 is 0 Å². The molecule has 0 fully saturated rings. The Balaban J connectivity index is 1.72. The Morgan fingerprint density at radius 3 is 2.48 bits per heavy atom. The van der Waals surface area contributed by atoms with Crippen molar-refractivity contribution >= 4 is 0 Å². The van der Waals surface area contributed by atoms with Crippen LogP contribution in [0, 0.1) is 11.3 Å². The van der Waals surface area contributed by atoms with Crippen molar-refractivity contribution in [1.29, 1.82) is 5.26 Å². The van der Waals surface area contributed by atoms with Gasteiger partial charge in [-0.1, -0.05) is 42.5 Å². The molecule has 0 aliphatic rings. The van der Waals surface area contributed by atoms with Crippen molar-refractivity contribution in [2.45, 2.75) is 25.2 Å². The van der Waals surface area contributed by atoms with Crippen LogP contribution in [0.4, 0.5) is 0 Å². The highest BCUT2D eigenvalue weighted by atomic mass is 14.9. The first-order valence-corrected chi connectivity index (χ1v) is 7.89. The number of aryl methyl sites for hydroxylation is 1. The van der Waals surface area contributed by atoms with Gasteiger partial charge < -0.3 is 4.98 Å². The first-order chi connectivity index (χ1) is 11.4. The number of nitriles is 1. The summed E-state index contributed by atoms with van der Waals surface area (Å²) in [6, 6.07) is 20.6. The fourth-order valence-corrected chi connectivity index (χ4v) is 2.90. The van der Waals surface area contributed by atoms with E-state index in [0.29, 0.717) is 5.56 Å². The quantitative estimate of drug-likeness (QED) is 0.732.